The molecule has 1 aliphatic rings. The molecule has 1 saturated heterocycles. The highest BCUT2D eigenvalue weighted by atomic mass is 19.4. The smallest absolute Gasteiger partial charge is 0.361 e. The summed E-state index contributed by atoms with van der Waals surface area (Å²) in [7, 11) is 1.98. The Kier molecular flexibility index (Phi) is 8.72. The first kappa shape index (κ1) is 27.9. The van der Waals surface area contributed by atoms with Crippen molar-refractivity contribution in [1.29, 1.82) is 5.41 Å². The molecule has 0 radical (unpaired) electrons. The minimum atomic E-state index is -4.58. The van der Waals surface area contributed by atoms with Crippen molar-refractivity contribution >= 4 is 29.2 Å². The number of aryl methyl sites for hydroxylation is 1. The van der Waals surface area contributed by atoms with Gasteiger partial charge in [0.05, 0.1) is 5.56 Å². The highest BCUT2D eigenvalue weighted by molar-refractivity contribution is 6.08. The van der Waals surface area contributed by atoms with Crippen molar-refractivity contribution in [1.82, 2.24) is 19.8 Å². The van der Waals surface area contributed by atoms with Gasteiger partial charge in [-0.1, -0.05) is 12.1 Å². The summed E-state index contributed by atoms with van der Waals surface area (Å²) in [5.74, 6) is -0.763. The van der Waals surface area contributed by atoms with Crippen LogP contribution in [-0.4, -0.2) is 65.1 Å². The van der Waals surface area contributed by atoms with E-state index in [2.05, 4.69) is 25.5 Å². The molecule has 8 nitrogen and oxygen atoms in total. The highest BCUT2D eigenvalue weighted by Gasteiger charge is 2.34. The van der Waals surface area contributed by atoms with Crippen molar-refractivity contribution in [2.24, 2.45) is 0 Å². The summed E-state index contributed by atoms with van der Waals surface area (Å²) in [6.45, 7) is 4.92. The summed E-state index contributed by atoms with van der Waals surface area (Å²) in [6.07, 6.45) is 2.70. The van der Waals surface area contributed by atoms with E-state index in [1.165, 1.54) is 12.4 Å². The average Bonchev–Trinajstić information content (AvgIpc) is 2.92. The molecule has 1 fully saturated rings. The molecule has 2 aromatic heterocycles. The summed E-state index contributed by atoms with van der Waals surface area (Å²) in [6, 6.07) is 9.39. The monoisotopic (exact) mass is 537 g/mol. The molecular formula is C28H30F3N7O. The zero-order valence-electron chi connectivity index (χ0n) is 21.7. The van der Waals surface area contributed by atoms with Crippen LogP contribution in [0.3, 0.4) is 0 Å². The average molecular weight is 538 g/mol. The van der Waals surface area contributed by atoms with Gasteiger partial charge in [0.1, 0.15) is 5.82 Å². The Morgan fingerprint density at radius 3 is 2.54 bits per heavy atom. The molecule has 0 bridgehead atoms. The maximum Gasteiger partial charge on any atom is 0.416 e. The number of carbonyl (C=O) groups excluding carboxylic acids is 1. The zero-order chi connectivity index (χ0) is 28.0. The molecule has 0 unspecified atom stereocenters. The molecule has 4 rings (SSSR count). The fourth-order valence-corrected chi connectivity index (χ4v) is 4.19. The Bertz CT molecular complexity index is 1350. The largest absolute Gasteiger partial charge is 0.416 e. The predicted molar refractivity (Wildman–Crippen MR) is 146 cm³/mol. The van der Waals surface area contributed by atoms with Crippen LogP contribution in [0.5, 0.6) is 0 Å². The summed E-state index contributed by atoms with van der Waals surface area (Å²) >= 11 is 0. The molecule has 0 atom stereocenters. The number of allylic oxidation sites excluding steroid dienone is 1. The first-order chi connectivity index (χ1) is 18.6. The number of alkyl halides is 3. The van der Waals surface area contributed by atoms with E-state index in [1.54, 1.807) is 42.9 Å². The number of pyridine rings is 2. The topological polar surface area (TPSA) is 97.2 Å². The second-order valence-electron chi connectivity index (χ2n) is 9.42. The van der Waals surface area contributed by atoms with E-state index in [9.17, 15) is 18.0 Å². The molecule has 3 aromatic rings. The lowest BCUT2D eigenvalue weighted by Gasteiger charge is -2.32. The quantitative estimate of drug-likeness (QED) is 0.354. The maximum atomic E-state index is 13.9. The van der Waals surface area contributed by atoms with Gasteiger partial charge in [-0.2, -0.15) is 13.2 Å². The van der Waals surface area contributed by atoms with Crippen molar-refractivity contribution in [2.75, 3.05) is 43.9 Å². The Hall–Kier alpha value is -4.09. The zero-order valence-corrected chi connectivity index (χ0v) is 21.7. The number of nitrogens with one attached hydrogen (secondary N) is 3. The third-order valence-electron chi connectivity index (χ3n) is 6.56. The van der Waals surface area contributed by atoms with Gasteiger partial charge in [-0.15, -0.1) is 0 Å². The number of aromatic nitrogens is 2. The molecule has 1 aliphatic heterocycles. The number of hydrogen-bond acceptors (Lipinski definition) is 7. The Morgan fingerprint density at radius 2 is 1.87 bits per heavy atom. The fraction of sp³-hybridized carbons (Fsp3) is 0.286. The Balaban J connectivity index is 1.51. The van der Waals surface area contributed by atoms with Crippen molar-refractivity contribution in [3.63, 3.8) is 0 Å². The van der Waals surface area contributed by atoms with Crippen LogP contribution in [0.2, 0.25) is 0 Å². The number of likely N-dealkylation sites (N-methyl/N-ethyl adjacent to an activating group) is 1. The summed E-state index contributed by atoms with van der Waals surface area (Å²) in [5, 5.41) is 13.3. The van der Waals surface area contributed by atoms with Crippen LogP contribution in [0.15, 0.2) is 61.2 Å². The standard InChI is InChI=1S/C28H30F3N7O/c1-19-5-6-20(12-25(19)34-16-22(14-32)21-4-3-7-33-15-21)27(39)36-26-13-24(28(29,30)31)23(17-35-26)18-38-10-8-37(2)9-11-38/h3-7,12-17,32,34H,8-11,18H2,1-2H3,(H,35,36,39)/b22-16+,32-14?. The minimum absolute atomic E-state index is 0.0780. The number of amides is 1. The second kappa shape index (κ2) is 12.2. The molecule has 11 heteroatoms. The van der Waals surface area contributed by atoms with E-state index < -0.39 is 17.6 Å². The van der Waals surface area contributed by atoms with E-state index >= 15 is 0 Å². The normalized spacial score (nSPS) is 15.2. The van der Waals surface area contributed by atoms with Gasteiger partial charge >= 0.3 is 6.18 Å². The van der Waals surface area contributed by atoms with Crippen LogP contribution in [0.25, 0.3) is 5.57 Å². The summed E-state index contributed by atoms with van der Waals surface area (Å²) < 4.78 is 41.7. The Labute approximate surface area is 225 Å². The van der Waals surface area contributed by atoms with E-state index in [4.69, 9.17) is 5.41 Å². The summed E-state index contributed by atoms with van der Waals surface area (Å²) in [4.78, 5) is 25.2. The molecule has 0 saturated carbocycles. The number of piperazine rings is 1. The van der Waals surface area contributed by atoms with Crippen LogP contribution in [0, 0.1) is 12.3 Å². The number of benzene rings is 1. The SMILES string of the molecule is Cc1ccc(C(=O)Nc2cc(C(F)(F)F)c(CN3CCN(C)CC3)cn2)cc1N/C=C(\C=N)c1cccnc1. The van der Waals surface area contributed by atoms with Crippen molar-refractivity contribution in [3.8, 4) is 0 Å². The van der Waals surface area contributed by atoms with Crippen LogP contribution in [-0.2, 0) is 12.7 Å². The van der Waals surface area contributed by atoms with Crippen molar-refractivity contribution in [3.05, 3.63) is 89.0 Å². The molecule has 0 spiro atoms. The van der Waals surface area contributed by atoms with Gasteiger partial charge in [-0.05, 0) is 49.4 Å². The van der Waals surface area contributed by atoms with E-state index in [0.717, 1.165) is 30.3 Å². The highest BCUT2D eigenvalue weighted by Crippen LogP contribution is 2.34. The van der Waals surface area contributed by atoms with Gasteiger partial charge in [0.15, 0.2) is 0 Å². The molecule has 0 aliphatic carbocycles. The van der Waals surface area contributed by atoms with Gasteiger partial charge in [0, 0.05) is 86.1 Å². The Morgan fingerprint density at radius 1 is 1.10 bits per heavy atom. The number of anilines is 2. The fourth-order valence-electron chi connectivity index (χ4n) is 4.19. The third-order valence-corrected chi connectivity index (χ3v) is 6.56. The lowest BCUT2D eigenvalue weighted by Crippen LogP contribution is -2.44. The van der Waals surface area contributed by atoms with Crippen LogP contribution < -0.4 is 10.6 Å². The molecule has 1 aromatic carbocycles. The van der Waals surface area contributed by atoms with Crippen molar-refractivity contribution < 1.29 is 18.0 Å². The lowest BCUT2D eigenvalue weighted by molar-refractivity contribution is -0.138. The van der Waals surface area contributed by atoms with Crippen LogP contribution in [0.4, 0.5) is 24.7 Å². The summed E-state index contributed by atoms with van der Waals surface area (Å²) in [5.41, 5.74) is 2.28. The van der Waals surface area contributed by atoms with E-state index in [1.807, 2.05) is 24.9 Å². The molecule has 204 valence electrons. The van der Waals surface area contributed by atoms with Crippen molar-refractivity contribution in [2.45, 2.75) is 19.6 Å². The molecule has 3 N–H and O–H groups in total. The molecule has 39 heavy (non-hydrogen) atoms. The van der Waals surface area contributed by atoms with Gasteiger partial charge < -0.3 is 20.9 Å². The van der Waals surface area contributed by atoms with Gasteiger partial charge in [0.2, 0.25) is 0 Å². The molecular weight excluding hydrogens is 507 g/mol. The second-order valence-corrected chi connectivity index (χ2v) is 9.42. The molecule has 1 amide bonds. The lowest BCUT2D eigenvalue weighted by atomic mass is 10.1. The number of halogens is 3. The minimum Gasteiger partial charge on any atom is -0.361 e. The predicted octanol–water partition coefficient (Wildman–Crippen LogP) is 4.91. The van der Waals surface area contributed by atoms with Crippen LogP contribution >= 0.6 is 0 Å². The number of rotatable bonds is 8. The molecule has 3 heterocycles. The van der Waals surface area contributed by atoms with Gasteiger partial charge in [-0.25, -0.2) is 4.98 Å². The third kappa shape index (κ3) is 7.27. The number of carbonyl (C=O) groups is 1. The first-order valence-corrected chi connectivity index (χ1v) is 12.4. The van der Waals surface area contributed by atoms with E-state index in [0.29, 0.717) is 24.4 Å². The maximum absolute atomic E-state index is 13.9. The van der Waals surface area contributed by atoms with Crippen LogP contribution in [0.1, 0.15) is 32.6 Å². The van der Waals surface area contributed by atoms with Gasteiger partial charge in [0.25, 0.3) is 5.91 Å². The first-order valence-electron chi connectivity index (χ1n) is 12.4. The van der Waals surface area contributed by atoms with E-state index in [-0.39, 0.29) is 23.5 Å². The van der Waals surface area contributed by atoms with Gasteiger partial charge in [-0.3, -0.25) is 14.7 Å². The number of nitrogens with zero attached hydrogens (tertiary/aromatic N) is 4. The number of hydrogen-bond donors (Lipinski definition) is 3.